The normalized spacial score (nSPS) is 11.3. The first-order chi connectivity index (χ1) is 7.36. The summed E-state index contributed by atoms with van der Waals surface area (Å²) in [5.74, 6) is 0.00777. The van der Waals surface area contributed by atoms with Gasteiger partial charge in [-0.05, 0) is 40.5 Å². The van der Waals surface area contributed by atoms with Gasteiger partial charge in [-0.25, -0.2) is 0 Å². The molecule has 1 aromatic carbocycles. The average Bonchev–Trinajstić information content (AvgIpc) is 2.23. The van der Waals surface area contributed by atoms with E-state index in [1.807, 2.05) is 32.9 Å². The summed E-state index contributed by atoms with van der Waals surface area (Å²) in [6.07, 6.45) is 0.795. The number of hydrogen-bond donors (Lipinski definition) is 1. The molecule has 4 heteroatoms. The van der Waals surface area contributed by atoms with Gasteiger partial charge in [0, 0.05) is 15.6 Å². The molecule has 1 N–H and O–H groups in total. The molecule has 16 heavy (non-hydrogen) atoms. The minimum atomic E-state index is -0.362. The van der Waals surface area contributed by atoms with Crippen molar-refractivity contribution in [1.29, 1.82) is 0 Å². The highest BCUT2D eigenvalue weighted by Crippen LogP contribution is 2.27. The second-order valence-electron chi connectivity index (χ2n) is 4.32. The maximum Gasteiger partial charge on any atom is 0.230 e. The van der Waals surface area contributed by atoms with E-state index in [4.69, 9.17) is 11.6 Å². The van der Waals surface area contributed by atoms with Crippen LogP contribution in [0.2, 0.25) is 5.02 Å². The van der Waals surface area contributed by atoms with E-state index >= 15 is 0 Å². The molecule has 0 unspecified atom stereocenters. The third-order valence-electron chi connectivity index (χ3n) is 2.68. The zero-order valence-electron chi connectivity index (χ0n) is 9.60. The van der Waals surface area contributed by atoms with Gasteiger partial charge in [-0.3, -0.25) is 4.79 Å². The Balaban J connectivity index is 2.82. The van der Waals surface area contributed by atoms with E-state index < -0.39 is 0 Å². The fourth-order valence-corrected chi connectivity index (χ4v) is 1.46. The van der Waals surface area contributed by atoms with Crippen LogP contribution in [0, 0.1) is 5.41 Å². The Labute approximate surface area is 110 Å². The molecule has 1 aromatic rings. The zero-order chi connectivity index (χ0) is 12.3. The summed E-state index contributed by atoms with van der Waals surface area (Å²) in [5, 5.41) is 3.45. The van der Waals surface area contributed by atoms with Gasteiger partial charge in [0.25, 0.3) is 0 Å². The van der Waals surface area contributed by atoms with Gasteiger partial charge in [0.15, 0.2) is 0 Å². The highest BCUT2D eigenvalue weighted by atomic mass is 79.9. The molecule has 0 aromatic heterocycles. The lowest BCUT2D eigenvalue weighted by molar-refractivity contribution is -0.124. The predicted octanol–water partition coefficient (Wildman–Crippen LogP) is 4.48. The highest BCUT2D eigenvalue weighted by molar-refractivity contribution is 9.10. The minimum Gasteiger partial charge on any atom is -0.326 e. The molecular formula is C12H15BrClNO. The molecule has 0 saturated carbocycles. The van der Waals surface area contributed by atoms with Crippen LogP contribution < -0.4 is 5.32 Å². The molecule has 1 rings (SSSR count). The number of halogens is 2. The summed E-state index contributed by atoms with van der Waals surface area (Å²) in [6, 6.07) is 5.37. The maximum absolute atomic E-state index is 11.9. The fraction of sp³-hybridized carbons (Fsp3) is 0.417. The standard InChI is InChI=1S/C12H15BrClNO/c1-4-12(2,3)11(16)15-8-5-6-9(13)10(14)7-8/h5-7H,4H2,1-3H3,(H,15,16). The molecule has 1 amide bonds. The summed E-state index contributed by atoms with van der Waals surface area (Å²) in [5.41, 5.74) is 0.360. The van der Waals surface area contributed by atoms with Crippen LogP contribution in [0.25, 0.3) is 0 Å². The minimum absolute atomic E-state index is 0.00777. The molecule has 88 valence electrons. The molecule has 0 bridgehead atoms. The van der Waals surface area contributed by atoms with Crippen LogP contribution in [0.1, 0.15) is 27.2 Å². The van der Waals surface area contributed by atoms with Crippen molar-refractivity contribution in [2.24, 2.45) is 5.41 Å². The number of carbonyl (C=O) groups is 1. The Morgan fingerprint density at radius 3 is 2.62 bits per heavy atom. The van der Waals surface area contributed by atoms with E-state index in [-0.39, 0.29) is 11.3 Å². The molecule has 0 aliphatic rings. The van der Waals surface area contributed by atoms with E-state index in [0.29, 0.717) is 5.02 Å². The number of rotatable bonds is 3. The highest BCUT2D eigenvalue weighted by Gasteiger charge is 2.25. The van der Waals surface area contributed by atoms with Gasteiger partial charge in [0.2, 0.25) is 5.91 Å². The lowest BCUT2D eigenvalue weighted by Gasteiger charge is -2.21. The molecule has 0 aliphatic carbocycles. The van der Waals surface area contributed by atoms with Crippen molar-refractivity contribution < 1.29 is 4.79 Å². The van der Waals surface area contributed by atoms with Crippen molar-refractivity contribution >= 4 is 39.1 Å². The largest absolute Gasteiger partial charge is 0.326 e. The molecule has 0 aliphatic heterocycles. The number of anilines is 1. The Morgan fingerprint density at radius 1 is 1.50 bits per heavy atom. The second kappa shape index (κ2) is 5.19. The molecule has 2 nitrogen and oxygen atoms in total. The molecular weight excluding hydrogens is 289 g/mol. The maximum atomic E-state index is 11.9. The van der Waals surface area contributed by atoms with Crippen molar-refractivity contribution in [3.63, 3.8) is 0 Å². The summed E-state index contributed by atoms with van der Waals surface area (Å²) >= 11 is 9.25. The van der Waals surface area contributed by atoms with Gasteiger partial charge < -0.3 is 5.32 Å². The molecule has 0 saturated heterocycles. The molecule has 0 fully saturated rings. The van der Waals surface area contributed by atoms with Gasteiger partial charge in [-0.2, -0.15) is 0 Å². The number of hydrogen-bond acceptors (Lipinski definition) is 1. The third kappa shape index (κ3) is 3.22. The van der Waals surface area contributed by atoms with E-state index in [1.54, 1.807) is 6.07 Å². The summed E-state index contributed by atoms with van der Waals surface area (Å²) in [4.78, 5) is 11.9. The smallest absolute Gasteiger partial charge is 0.230 e. The van der Waals surface area contributed by atoms with Crippen molar-refractivity contribution in [1.82, 2.24) is 0 Å². The van der Waals surface area contributed by atoms with Crippen LogP contribution in [-0.4, -0.2) is 5.91 Å². The van der Waals surface area contributed by atoms with Crippen LogP contribution >= 0.6 is 27.5 Å². The third-order valence-corrected chi connectivity index (χ3v) is 3.91. The van der Waals surface area contributed by atoms with Gasteiger partial charge >= 0.3 is 0 Å². The first-order valence-corrected chi connectivity index (χ1v) is 6.30. The lowest BCUT2D eigenvalue weighted by Crippen LogP contribution is -2.29. The van der Waals surface area contributed by atoms with Gasteiger partial charge in [-0.1, -0.05) is 32.4 Å². The van der Waals surface area contributed by atoms with E-state index in [1.165, 1.54) is 0 Å². The molecule has 0 radical (unpaired) electrons. The van der Waals surface area contributed by atoms with Crippen molar-refractivity contribution in [2.45, 2.75) is 27.2 Å². The monoisotopic (exact) mass is 303 g/mol. The van der Waals surface area contributed by atoms with Crippen LogP contribution in [0.3, 0.4) is 0 Å². The summed E-state index contributed by atoms with van der Waals surface area (Å²) in [7, 11) is 0. The van der Waals surface area contributed by atoms with Gasteiger partial charge in [0.1, 0.15) is 0 Å². The number of carbonyl (C=O) groups excluding carboxylic acids is 1. The van der Waals surface area contributed by atoms with Crippen molar-refractivity contribution in [3.05, 3.63) is 27.7 Å². The molecule has 0 heterocycles. The van der Waals surface area contributed by atoms with Gasteiger partial charge in [-0.15, -0.1) is 0 Å². The quantitative estimate of drug-likeness (QED) is 0.876. The first kappa shape index (κ1) is 13.5. The number of benzene rings is 1. The summed E-state index contributed by atoms with van der Waals surface area (Å²) in [6.45, 7) is 5.83. The topological polar surface area (TPSA) is 29.1 Å². The molecule has 0 spiro atoms. The van der Waals surface area contributed by atoms with E-state index in [9.17, 15) is 4.79 Å². The zero-order valence-corrected chi connectivity index (χ0v) is 11.9. The fourth-order valence-electron chi connectivity index (χ4n) is 1.03. The Hall–Kier alpha value is -0.540. The Bertz CT molecular complexity index is 404. The molecule has 0 atom stereocenters. The van der Waals surface area contributed by atoms with Crippen LogP contribution in [0.15, 0.2) is 22.7 Å². The van der Waals surface area contributed by atoms with Crippen molar-refractivity contribution in [2.75, 3.05) is 5.32 Å². The van der Waals surface area contributed by atoms with E-state index in [0.717, 1.165) is 16.6 Å². The number of nitrogens with one attached hydrogen (secondary N) is 1. The van der Waals surface area contributed by atoms with Crippen LogP contribution in [0.5, 0.6) is 0 Å². The Morgan fingerprint density at radius 2 is 2.12 bits per heavy atom. The van der Waals surface area contributed by atoms with E-state index in [2.05, 4.69) is 21.2 Å². The number of amides is 1. The van der Waals surface area contributed by atoms with Crippen LogP contribution in [0.4, 0.5) is 5.69 Å². The SMILES string of the molecule is CCC(C)(C)C(=O)Nc1ccc(Br)c(Cl)c1. The second-order valence-corrected chi connectivity index (χ2v) is 5.58. The summed E-state index contributed by atoms with van der Waals surface area (Å²) < 4.78 is 0.821. The first-order valence-electron chi connectivity index (χ1n) is 5.13. The van der Waals surface area contributed by atoms with Crippen LogP contribution in [-0.2, 0) is 4.79 Å². The predicted molar refractivity (Wildman–Crippen MR) is 71.9 cm³/mol. The van der Waals surface area contributed by atoms with Crippen molar-refractivity contribution in [3.8, 4) is 0 Å². The average molecular weight is 305 g/mol. The Kier molecular flexibility index (Phi) is 4.39. The van der Waals surface area contributed by atoms with Gasteiger partial charge in [0.05, 0.1) is 5.02 Å². The lowest BCUT2D eigenvalue weighted by atomic mass is 9.89.